The maximum absolute atomic E-state index is 12.2. The predicted octanol–water partition coefficient (Wildman–Crippen LogP) is 2.07. The van der Waals surface area contributed by atoms with Crippen molar-refractivity contribution in [2.24, 2.45) is 5.92 Å². The monoisotopic (exact) mass is 268 g/mol. The molecule has 2 rings (SSSR count). The molecule has 2 unspecified atom stereocenters. The van der Waals surface area contributed by atoms with E-state index < -0.39 is 0 Å². The van der Waals surface area contributed by atoms with Crippen LogP contribution in [0, 0.1) is 5.92 Å². The first-order chi connectivity index (χ1) is 8.61. The zero-order valence-corrected chi connectivity index (χ0v) is 11.3. The van der Waals surface area contributed by atoms with E-state index in [2.05, 4.69) is 4.74 Å². The molecule has 1 aliphatic heterocycles. The minimum absolute atomic E-state index is 0.0288. The van der Waals surface area contributed by atoms with Gasteiger partial charge in [0.25, 0.3) is 0 Å². The Bertz CT molecular complexity index is 452. The number of ketones is 1. The maximum Gasteiger partial charge on any atom is 0.310 e. The molecule has 0 spiro atoms. The lowest BCUT2D eigenvalue weighted by molar-refractivity contribution is -0.139. The largest absolute Gasteiger partial charge is 0.469 e. The first-order valence-corrected chi connectivity index (χ1v) is 6.75. The van der Waals surface area contributed by atoms with Gasteiger partial charge in [-0.15, -0.1) is 11.3 Å². The van der Waals surface area contributed by atoms with Crippen molar-refractivity contribution in [1.82, 2.24) is 0 Å². The SMILES string of the molecule is COC(=O)Cc1ccc(C(=O)C2OCCC2C)s1. The van der Waals surface area contributed by atoms with Crippen LogP contribution in [0.3, 0.4) is 0 Å². The van der Waals surface area contributed by atoms with Crippen molar-refractivity contribution < 1.29 is 19.1 Å². The van der Waals surface area contributed by atoms with Gasteiger partial charge in [0.15, 0.2) is 0 Å². The molecule has 2 heterocycles. The van der Waals surface area contributed by atoms with Gasteiger partial charge in [-0.05, 0) is 24.5 Å². The van der Waals surface area contributed by atoms with E-state index in [4.69, 9.17) is 4.74 Å². The Morgan fingerprint density at radius 2 is 2.28 bits per heavy atom. The van der Waals surface area contributed by atoms with Crippen molar-refractivity contribution in [3.63, 3.8) is 0 Å². The Kier molecular flexibility index (Phi) is 4.14. The van der Waals surface area contributed by atoms with E-state index in [1.807, 2.05) is 6.92 Å². The minimum atomic E-state index is -0.324. The summed E-state index contributed by atoms with van der Waals surface area (Å²) in [6.07, 6.45) is 0.821. The molecule has 0 N–H and O–H groups in total. The van der Waals surface area contributed by atoms with E-state index in [9.17, 15) is 9.59 Å². The summed E-state index contributed by atoms with van der Waals surface area (Å²) in [6.45, 7) is 2.68. The summed E-state index contributed by atoms with van der Waals surface area (Å²) >= 11 is 1.34. The number of carbonyl (C=O) groups is 2. The van der Waals surface area contributed by atoms with Crippen molar-refractivity contribution in [3.8, 4) is 0 Å². The molecule has 1 aliphatic rings. The molecule has 0 amide bonds. The Labute approximate surface area is 110 Å². The molecule has 0 radical (unpaired) electrons. The Morgan fingerprint density at radius 3 is 2.89 bits per heavy atom. The van der Waals surface area contributed by atoms with Crippen molar-refractivity contribution in [2.75, 3.05) is 13.7 Å². The van der Waals surface area contributed by atoms with Gasteiger partial charge in [0.05, 0.1) is 18.4 Å². The fourth-order valence-corrected chi connectivity index (χ4v) is 2.95. The van der Waals surface area contributed by atoms with Gasteiger partial charge in [-0.1, -0.05) is 6.92 Å². The van der Waals surface area contributed by atoms with Crippen molar-refractivity contribution >= 4 is 23.1 Å². The number of Topliss-reactive ketones (excluding diaryl/α,β-unsaturated/α-hetero) is 1. The van der Waals surface area contributed by atoms with Crippen LogP contribution in [0.5, 0.6) is 0 Å². The normalized spacial score (nSPS) is 23.0. The number of ether oxygens (including phenoxy) is 2. The van der Waals surface area contributed by atoms with Gasteiger partial charge < -0.3 is 9.47 Å². The van der Waals surface area contributed by atoms with E-state index >= 15 is 0 Å². The van der Waals surface area contributed by atoms with E-state index in [1.165, 1.54) is 18.4 Å². The molecule has 0 bridgehead atoms. The molecule has 1 saturated heterocycles. The van der Waals surface area contributed by atoms with Crippen LogP contribution in [0.25, 0.3) is 0 Å². The molecule has 0 aliphatic carbocycles. The van der Waals surface area contributed by atoms with Crippen LogP contribution in [0.2, 0.25) is 0 Å². The van der Waals surface area contributed by atoms with Crippen molar-refractivity contribution in [1.29, 1.82) is 0 Å². The fourth-order valence-electron chi connectivity index (χ4n) is 1.99. The average molecular weight is 268 g/mol. The third-order valence-corrected chi connectivity index (χ3v) is 4.20. The summed E-state index contributed by atoms with van der Waals surface area (Å²) in [5, 5.41) is 0. The summed E-state index contributed by atoms with van der Waals surface area (Å²) in [4.78, 5) is 24.8. The van der Waals surface area contributed by atoms with Crippen molar-refractivity contribution in [3.05, 3.63) is 21.9 Å². The van der Waals surface area contributed by atoms with Crippen LogP contribution in [0.4, 0.5) is 0 Å². The molecule has 2 atom stereocenters. The van der Waals surface area contributed by atoms with Gasteiger partial charge in [-0.2, -0.15) is 0 Å². The van der Waals surface area contributed by atoms with E-state index in [0.717, 1.165) is 11.3 Å². The molecule has 98 valence electrons. The number of methoxy groups -OCH3 is 1. The lowest BCUT2D eigenvalue weighted by Crippen LogP contribution is -2.24. The molecule has 1 aromatic heterocycles. The molecule has 1 fully saturated rings. The van der Waals surface area contributed by atoms with Gasteiger partial charge in [0, 0.05) is 11.5 Å². The number of rotatable bonds is 4. The van der Waals surface area contributed by atoms with Crippen LogP contribution < -0.4 is 0 Å². The molecule has 5 heteroatoms. The summed E-state index contributed by atoms with van der Waals surface area (Å²) in [5.41, 5.74) is 0. The second-order valence-electron chi connectivity index (χ2n) is 4.44. The zero-order valence-electron chi connectivity index (χ0n) is 10.5. The predicted molar refractivity (Wildman–Crippen MR) is 67.9 cm³/mol. The number of hydrogen-bond acceptors (Lipinski definition) is 5. The molecule has 0 saturated carbocycles. The smallest absolute Gasteiger partial charge is 0.310 e. The zero-order chi connectivity index (χ0) is 13.1. The van der Waals surface area contributed by atoms with Crippen molar-refractivity contribution in [2.45, 2.75) is 25.9 Å². The van der Waals surface area contributed by atoms with Gasteiger partial charge >= 0.3 is 5.97 Å². The average Bonchev–Trinajstić information content (AvgIpc) is 2.97. The summed E-state index contributed by atoms with van der Waals surface area (Å²) < 4.78 is 10.1. The third-order valence-electron chi connectivity index (χ3n) is 3.10. The Hall–Kier alpha value is -1.20. The van der Waals surface area contributed by atoms with Crippen LogP contribution in [0.1, 0.15) is 27.9 Å². The molecule has 18 heavy (non-hydrogen) atoms. The number of carbonyl (C=O) groups excluding carboxylic acids is 2. The van der Waals surface area contributed by atoms with E-state index in [-0.39, 0.29) is 30.2 Å². The van der Waals surface area contributed by atoms with Gasteiger partial charge in [0.1, 0.15) is 6.10 Å². The first kappa shape index (κ1) is 13.2. The lowest BCUT2D eigenvalue weighted by atomic mass is 10.00. The molecular formula is C13H16O4S. The molecular weight excluding hydrogens is 252 g/mol. The topological polar surface area (TPSA) is 52.6 Å². The summed E-state index contributed by atoms with van der Waals surface area (Å²) in [6, 6.07) is 3.56. The Morgan fingerprint density at radius 1 is 1.50 bits per heavy atom. The quantitative estimate of drug-likeness (QED) is 0.619. The van der Waals surface area contributed by atoms with Gasteiger partial charge in [-0.3, -0.25) is 9.59 Å². The highest BCUT2D eigenvalue weighted by Crippen LogP contribution is 2.27. The third kappa shape index (κ3) is 2.79. The van der Waals surface area contributed by atoms with Crippen LogP contribution in [0.15, 0.2) is 12.1 Å². The number of thiophene rings is 1. The maximum atomic E-state index is 12.2. The first-order valence-electron chi connectivity index (χ1n) is 5.93. The fraction of sp³-hybridized carbons (Fsp3) is 0.538. The van der Waals surface area contributed by atoms with Crippen LogP contribution in [-0.4, -0.2) is 31.6 Å². The molecule has 4 nitrogen and oxygen atoms in total. The highest BCUT2D eigenvalue weighted by molar-refractivity contribution is 7.14. The standard InChI is InChI=1S/C13H16O4S/c1-8-5-6-17-13(8)12(15)10-4-3-9(18-10)7-11(14)16-2/h3-4,8,13H,5-7H2,1-2H3. The number of esters is 1. The second kappa shape index (κ2) is 5.63. The van der Waals surface area contributed by atoms with Gasteiger partial charge in [-0.25, -0.2) is 0 Å². The minimum Gasteiger partial charge on any atom is -0.469 e. The Balaban J connectivity index is 2.05. The highest BCUT2D eigenvalue weighted by atomic mass is 32.1. The number of hydrogen-bond donors (Lipinski definition) is 0. The van der Waals surface area contributed by atoms with E-state index in [0.29, 0.717) is 11.5 Å². The summed E-state index contributed by atoms with van der Waals surface area (Å²) in [5.74, 6) is 0.00565. The second-order valence-corrected chi connectivity index (χ2v) is 5.61. The summed E-state index contributed by atoms with van der Waals surface area (Å²) in [7, 11) is 1.36. The van der Waals surface area contributed by atoms with Gasteiger partial charge in [0.2, 0.25) is 5.78 Å². The lowest BCUT2D eigenvalue weighted by Gasteiger charge is -2.11. The molecule has 1 aromatic rings. The molecule has 0 aromatic carbocycles. The highest BCUT2D eigenvalue weighted by Gasteiger charge is 2.32. The van der Waals surface area contributed by atoms with Crippen LogP contribution >= 0.6 is 11.3 Å². The van der Waals surface area contributed by atoms with Crippen LogP contribution in [-0.2, 0) is 20.7 Å². The van der Waals surface area contributed by atoms with E-state index in [1.54, 1.807) is 12.1 Å².